The summed E-state index contributed by atoms with van der Waals surface area (Å²) in [6.45, 7) is 2.50. The quantitative estimate of drug-likeness (QED) is 0.388. The average molecular weight is 448 g/mol. The van der Waals surface area contributed by atoms with Crippen LogP contribution in [0, 0.1) is 0 Å². The predicted octanol–water partition coefficient (Wildman–Crippen LogP) is 6.35. The lowest BCUT2D eigenvalue weighted by Gasteiger charge is -2.18. The smallest absolute Gasteiger partial charge is 0.261 e. The highest BCUT2D eigenvalue weighted by molar-refractivity contribution is 7.98. The van der Waals surface area contributed by atoms with Gasteiger partial charge in [0.25, 0.3) is 5.91 Å². The minimum Gasteiger partial charge on any atom is -0.480 e. The van der Waals surface area contributed by atoms with Gasteiger partial charge in [-0.1, -0.05) is 72.6 Å². The van der Waals surface area contributed by atoms with Crippen LogP contribution in [0.5, 0.6) is 5.75 Å². The van der Waals surface area contributed by atoms with Crippen molar-refractivity contribution in [1.29, 1.82) is 0 Å². The molecule has 0 saturated carbocycles. The van der Waals surface area contributed by atoms with Gasteiger partial charge in [0.15, 0.2) is 6.10 Å². The molecule has 152 valence electrons. The number of ether oxygens (including phenoxy) is 1. The minimum absolute atomic E-state index is 0.100. The summed E-state index contributed by atoms with van der Waals surface area (Å²) in [6.07, 6.45) is 0.0704. The van der Waals surface area contributed by atoms with Gasteiger partial charge >= 0.3 is 0 Å². The van der Waals surface area contributed by atoms with E-state index in [1.807, 2.05) is 67.6 Å². The summed E-state index contributed by atoms with van der Waals surface area (Å²) in [5.74, 6) is 2.10. The maximum absolute atomic E-state index is 12.6. The molecule has 0 aromatic heterocycles. The zero-order chi connectivity index (χ0) is 20.6. The van der Waals surface area contributed by atoms with Crippen molar-refractivity contribution in [1.82, 2.24) is 5.32 Å². The molecular weight excluding hydrogens is 425 g/mol. The molecule has 3 aromatic rings. The molecule has 3 aromatic carbocycles. The predicted molar refractivity (Wildman–Crippen MR) is 124 cm³/mol. The molecule has 0 fully saturated rings. The Bertz CT molecular complexity index is 955. The summed E-state index contributed by atoms with van der Waals surface area (Å²) < 4.78 is 6.04. The third-order valence-electron chi connectivity index (χ3n) is 4.54. The molecule has 0 radical (unpaired) electrons. The van der Waals surface area contributed by atoms with Gasteiger partial charge in [-0.25, -0.2) is 0 Å². The maximum Gasteiger partial charge on any atom is 0.261 e. The zero-order valence-corrected chi connectivity index (χ0v) is 18.5. The Labute approximate surface area is 185 Å². The van der Waals surface area contributed by atoms with Gasteiger partial charge < -0.3 is 10.1 Å². The molecule has 29 heavy (non-hydrogen) atoms. The Morgan fingerprint density at radius 2 is 1.72 bits per heavy atom. The highest BCUT2D eigenvalue weighted by Crippen LogP contribution is 2.28. The molecule has 1 N–H and O–H groups in total. The van der Waals surface area contributed by atoms with Crippen molar-refractivity contribution in [2.75, 3.05) is 12.3 Å². The molecule has 0 aliphatic rings. The Morgan fingerprint density at radius 1 is 1.03 bits per heavy atom. The van der Waals surface area contributed by atoms with E-state index in [-0.39, 0.29) is 5.91 Å². The SMILES string of the molecule is CC[C@@H](Oc1cccc2ccccc12)C(=O)NCCSCc1c(Cl)cccc1Cl. The number of hydrogen-bond donors (Lipinski definition) is 1. The second-order valence-corrected chi connectivity index (χ2v) is 8.46. The number of benzene rings is 3. The van der Waals surface area contributed by atoms with Gasteiger partial charge in [-0.15, -0.1) is 0 Å². The summed E-state index contributed by atoms with van der Waals surface area (Å²) in [5, 5.41) is 6.41. The molecule has 0 heterocycles. The average Bonchev–Trinajstić information content (AvgIpc) is 2.73. The first kappa shape index (κ1) is 21.8. The van der Waals surface area contributed by atoms with Crippen molar-refractivity contribution in [2.45, 2.75) is 25.2 Å². The summed E-state index contributed by atoms with van der Waals surface area (Å²) in [4.78, 5) is 12.6. The van der Waals surface area contributed by atoms with Crippen molar-refractivity contribution in [3.8, 4) is 5.75 Å². The monoisotopic (exact) mass is 447 g/mol. The summed E-state index contributed by atoms with van der Waals surface area (Å²) in [6, 6.07) is 19.4. The minimum atomic E-state index is -0.524. The molecule has 0 saturated heterocycles. The first-order chi connectivity index (χ1) is 14.1. The summed E-state index contributed by atoms with van der Waals surface area (Å²) in [7, 11) is 0. The van der Waals surface area contributed by atoms with E-state index in [1.54, 1.807) is 11.8 Å². The summed E-state index contributed by atoms with van der Waals surface area (Å²) in [5.41, 5.74) is 0.929. The van der Waals surface area contributed by atoms with Crippen molar-refractivity contribution in [2.24, 2.45) is 0 Å². The van der Waals surface area contributed by atoms with Gasteiger partial charge in [0.05, 0.1) is 0 Å². The molecule has 3 rings (SSSR count). The number of nitrogens with one attached hydrogen (secondary N) is 1. The van der Waals surface area contributed by atoms with Crippen LogP contribution < -0.4 is 10.1 Å². The zero-order valence-electron chi connectivity index (χ0n) is 16.2. The fourth-order valence-electron chi connectivity index (χ4n) is 2.98. The number of carbonyl (C=O) groups excluding carboxylic acids is 1. The number of carbonyl (C=O) groups is 1. The Kier molecular flexibility index (Phi) is 8.10. The number of fused-ring (bicyclic) bond motifs is 1. The van der Waals surface area contributed by atoms with Crippen LogP contribution in [0.2, 0.25) is 10.0 Å². The topological polar surface area (TPSA) is 38.3 Å². The van der Waals surface area contributed by atoms with Crippen LogP contribution in [0.1, 0.15) is 18.9 Å². The van der Waals surface area contributed by atoms with E-state index in [0.717, 1.165) is 27.8 Å². The molecule has 1 atom stereocenters. The largest absolute Gasteiger partial charge is 0.480 e. The molecular formula is C23H23Cl2NO2S. The second kappa shape index (κ2) is 10.8. The lowest BCUT2D eigenvalue weighted by Crippen LogP contribution is -2.39. The van der Waals surface area contributed by atoms with E-state index in [1.165, 1.54) is 0 Å². The van der Waals surface area contributed by atoms with E-state index in [2.05, 4.69) is 5.32 Å². The number of hydrogen-bond acceptors (Lipinski definition) is 3. The van der Waals surface area contributed by atoms with Crippen LogP contribution in [0.3, 0.4) is 0 Å². The number of halogens is 2. The molecule has 3 nitrogen and oxygen atoms in total. The van der Waals surface area contributed by atoms with Crippen LogP contribution in [0.25, 0.3) is 10.8 Å². The number of rotatable bonds is 9. The Hall–Kier alpha value is -1.88. The van der Waals surface area contributed by atoms with E-state index in [0.29, 0.717) is 28.8 Å². The Balaban J connectivity index is 1.50. The molecule has 1 amide bonds. The van der Waals surface area contributed by atoms with Crippen LogP contribution in [-0.2, 0) is 10.5 Å². The van der Waals surface area contributed by atoms with Crippen molar-refractivity contribution in [3.05, 3.63) is 76.3 Å². The number of amides is 1. The molecule has 0 aliphatic heterocycles. The summed E-state index contributed by atoms with van der Waals surface area (Å²) >= 11 is 14.1. The van der Waals surface area contributed by atoms with Crippen LogP contribution in [0.4, 0.5) is 0 Å². The highest BCUT2D eigenvalue weighted by atomic mass is 35.5. The van der Waals surface area contributed by atoms with Crippen LogP contribution in [0.15, 0.2) is 60.7 Å². The van der Waals surface area contributed by atoms with Crippen molar-refractivity contribution in [3.63, 3.8) is 0 Å². The maximum atomic E-state index is 12.6. The van der Waals surface area contributed by atoms with Gasteiger partial charge in [-0.2, -0.15) is 11.8 Å². The van der Waals surface area contributed by atoms with Crippen LogP contribution >= 0.6 is 35.0 Å². The van der Waals surface area contributed by atoms with Gasteiger partial charge in [-0.05, 0) is 35.6 Å². The standard InChI is InChI=1S/C23H23Cl2NO2S/c1-2-21(28-22-12-5-8-16-7-3-4-9-17(16)22)23(27)26-13-14-29-15-18-19(24)10-6-11-20(18)25/h3-12,21H,2,13-15H2,1H3,(H,26,27)/t21-/m1/s1. The molecule has 6 heteroatoms. The first-order valence-electron chi connectivity index (χ1n) is 9.53. The first-order valence-corrected chi connectivity index (χ1v) is 11.4. The van der Waals surface area contributed by atoms with Gasteiger partial charge in [0.2, 0.25) is 0 Å². The second-order valence-electron chi connectivity index (χ2n) is 6.54. The molecule has 0 bridgehead atoms. The van der Waals surface area contributed by atoms with E-state index in [4.69, 9.17) is 27.9 Å². The third kappa shape index (κ3) is 5.81. The number of thioether (sulfide) groups is 1. The van der Waals surface area contributed by atoms with Gasteiger partial charge in [0, 0.05) is 33.5 Å². The van der Waals surface area contributed by atoms with Crippen molar-refractivity contribution < 1.29 is 9.53 Å². The molecule has 0 aliphatic carbocycles. The molecule has 0 spiro atoms. The highest BCUT2D eigenvalue weighted by Gasteiger charge is 2.18. The van der Waals surface area contributed by atoms with E-state index >= 15 is 0 Å². The fourth-order valence-corrected chi connectivity index (χ4v) is 4.57. The van der Waals surface area contributed by atoms with Gasteiger partial charge in [-0.3, -0.25) is 4.79 Å². The van der Waals surface area contributed by atoms with Gasteiger partial charge in [0.1, 0.15) is 5.75 Å². The lowest BCUT2D eigenvalue weighted by atomic mass is 10.1. The third-order valence-corrected chi connectivity index (χ3v) is 6.23. The van der Waals surface area contributed by atoms with Crippen LogP contribution in [-0.4, -0.2) is 24.3 Å². The van der Waals surface area contributed by atoms with E-state index < -0.39 is 6.10 Å². The molecule has 0 unspecified atom stereocenters. The normalized spacial score (nSPS) is 12.0. The Morgan fingerprint density at radius 3 is 2.48 bits per heavy atom. The van der Waals surface area contributed by atoms with E-state index in [9.17, 15) is 4.79 Å². The fraction of sp³-hybridized carbons (Fsp3) is 0.261. The lowest BCUT2D eigenvalue weighted by molar-refractivity contribution is -0.127. The van der Waals surface area contributed by atoms with Crippen molar-refractivity contribution >= 4 is 51.6 Å².